The molecular formula is C99H130Cl2N10O16. The number of nitrogens with zero attached hydrogens (tertiary/aromatic N) is 5. The number of amides is 9. The number of carbonyl (C=O) groups is 13. The van der Waals surface area contributed by atoms with Gasteiger partial charge in [0.2, 0.25) is 40.7 Å². The first kappa shape index (κ1) is 97.6. The standard InChI is InChI=1S/2C21H28N2O4.C19H24N2O4.C19H24N2O2.C17H24N2O.C2H2Cl2O/c2*1-2-27-21(26)20(25)23-13-12-15-8-6-7-11-17(15)18(23)14-22-19(24)16-9-4-3-5-10-16;22-17(14-7-2-1-3-8-14)20-12-16-15-9-5-4-6-13(15)10-11-21(16)18(23)19(24)25;22-18-13-20(19(23)15-7-2-1-3-8-15)12-17-16-9-5-4-6-14(16)10-11-21(17)18;20-17(14-7-2-1-3-8-14)19-12-16-15-9-5-4-6-13(15)10-11-18-16;3-1-2(4)5/h2*6-8,11,16,18H,2-5,9-10,12-14H2,1H3,(H,22,24);4-6,9,14,16H,1-3,7-8,10-12H2,(H,20,22)(H,24,25);4-6,9,15,17H,1-3,7-8,10-13H2;4-6,9,14,16,18H,1-3,7-8,10-12H2,(H,19,20);1H2/t18-;;16-;17-;16-;/m1.000./s1. The Labute approximate surface area is 757 Å². The van der Waals surface area contributed by atoms with Crippen LogP contribution in [0.4, 0.5) is 0 Å². The first-order chi connectivity index (χ1) is 61.7. The van der Waals surface area contributed by atoms with Gasteiger partial charge in [0.1, 0.15) is 0 Å². The van der Waals surface area contributed by atoms with Crippen LogP contribution < -0.4 is 26.6 Å². The number of rotatable bonds is 16. The summed E-state index contributed by atoms with van der Waals surface area (Å²) in [5, 5.41) is 24.3. The lowest BCUT2D eigenvalue weighted by atomic mass is 9.87. The summed E-state index contributed by atoms with van der Waals surface area (Å²) in [5.74, 6) is -4.13. The third kappa shape index (κ3) is 27.3. The van der Waals surface area contributed by atoms with Crippen molar-refractivity contribution in [2.24, 2.45) is 29.6 Å². The van der Waals surface area contributed by atoms with E-state index in [0.717, 1.165) is 175 Å². The number of hydrogen-bond donors (Lipinski definition) is 6. The molecule has 5 aromatic rings. The second kappa shape index (κ2) is 50.1. The van der Waals surface area contributed by atoms with Crippen LogP contribution in [0.2, 0.25) is 0 Å². The van der Waals surface area contributed by atoms with Crippen molar-refractivity contribution < 1.29 is 76.9 Å². The SMILES string of the molecule is CCOC(=O)C(=O)N1CCc2ccccc2C1CNC(=O)C1CCCCC1.CCOC(=O)C(=O)N1CCc2ccccc2[C@H]1CNC(=O)C1CCCCC1.O=C(C1CCCCC1)N1CC(=O)N2CCc3ccccc3[C@@H]2C1.O=C(Cl)CCl.O=C(NC[C@@H]1NCCc2ccccc21)C1CCCCC1.O=C(O)C(=O)N1CCc2ccccc2[C@@H]1CNC(=O)C1CCCCC1. The molecule has 5 aromatic carbocycles. The summed E-state index contributed by atoms with van der Waals surface area (Å²) in [6.07, 6.45) is 31.0. The maximum Gasteiger partial charge on any atom is 0.397 e. The molecule has 6 fully saturated rings. The van der Waals surface area contributed by atoms with E-state index < -0.39 is 46.9 Å². The van der Waals surface area contributed by atoms with Crippen molar-refractivity contribution in [3.8, 4) is 0 Å². The highest BCUT2D eigenvalue weighted by Crippen LogP contribution is 2.38. The average molecular weight is 1790 g/mol. The fraction of sp³-hybridized carbons (Fsp3) is 0.566. The van der Waals surface area contributed by atoms with Gasteiger partial charge >= 0.3 is 35.6 Å². The van der Waals surface area contributed by atoms with Crippen LogP contribution in [0.5, 0.6) is 0 Å². The Balaban J connectivity index is 0.000000152. The van der Waals surface area contributed by atoms with E-state index in [4.69, 9.17) is 37.8 Å². The Hall–Kier alpha value is -10.1. The quantitative estimate of drug-likeness (QED) is 0.0231. The topological polar surface area (TPSA) is 337 Å². The summed E-state index contributed by atoms with van der Waals surface area (Å²) in [6, 6.07) is 39.7. The van der Waals surface area contributed by atoms with Crippen LogP contribution in [0.25, 0.3) is 0 Å². The van der Waals surface area contributed by atoms with E-state index in [1.807, 2.05) is 88.7 Å². The average Bonchev–Trinajstić information content (AvgIpc) is 0.776. The van der Waals surface area contributed by atoms with E-state index >= 15 is 0 Å². The van der Waals surface area contributed by atoms with E-state index in [1.54, 1.807) is 23.6 Å². The van der Waals surface area contributed by atoms with Gasteiger partial charge in [0, 0.05) is 94.5 Å². The minimum absolute atomic E-state index is 0.0190. The Bertz CT molecular complexity index is 4460. The van der Waals surface area contributed by atoms with Gasteiger partial charge in [0.05, 0.1) is 49.8 Å². The van der Waals surface area contributed by atoms with Crippen LogP contribution in [0.15, 0.2) is 121 Å². The lowest BCUT2D eigenvalue weighted by molar-refractivity contribution is -0.161. The van der Waals surface area contributed by atoms with Gasteiger partial charge in [-0.25, -0.2) is 14.4 Å². The van der Waals surface area contributed by atoms with Crippen molar-refractivity contribution in [3.63, 3.8) is 0 Å². The molecule has 9 amide bonds. The number of fused-ring (bicyclic) bond motifs is 7. The highest BCUT2D eigenvalue weighted by molar-refractivity contribution is 6.67. The van der Waals surface area contributed by atoms with Gasteiger partial charge in [-0.15, -0.1) is 11.6 Å². The largest absolute Gasteiger partial charge is 0.474 e. The molecule has 1 unspecified atom stereocenters. The molecule has 6 heterocycles. The number of aliphatic carboxylic acids is 1. The van der Waals surface area contributed by atoms with Crippen LogP contribution in [0, 0.1) is 29.6 Å². The van der Waals surface area contributed by atoms with Crippen LogP contribution >= 0.6 is 23.2 Å². The van der Waals surface area contributed by atoms with E-state index in [0.29, 0.717) is 65.1 Å². The van der Waals surface area contributed by atoms with Gasteiger partial charge < -0.3 is 65.7 Å². The van der Waals surface area contributed by atoms with Crippen LogP contribution in [-0.4, -0.2) is 197 Å². The minimum atomic E-state index is -1.46. The molecule has 1 saturated heterocycles. The number of carboxylic acids is 1. The fourth-order valence-corrected chi connectivity index (χ4v) is 20.1. The molecule has 5 aliphatic carbocycles. The van der Waals surface area contributed by atoms with Gasteiger partial charge in [-0.3, -0.25) is 47.9 Å². The Morgan fingerprint density at radius 1 is 0.402 bits per heavy atom. The molecule has 0 aromatic heterocycles. The predicted octanol–water partition coefficient (Wildman–Crippen LogP) is 12.7. The van der Waals surface area contributed by atoms with Crippen molar-refractivity contribution in [2.75, 3.05) is 91.1 Å². The lowest BCUT2D eigenvalue weighted by Crippen LogP contribution is -2.56. The van der Waals surface area contributed by atoms with E-state index in [2.05, 4.69) is 69.0 Å². The summed E-state index contributed by atoms with van der Waals surface area (Å²) < 4.78 is 9.79. The molecule has 0 bridgehead atoms. The molecule has 16 rings (SSSR count). The highest BCUT2D eigenvalue weighted by atomic mass is 35.5. The van der Waals surface area contributed by atoms with Crippen molar-refractivity contribution in [2.45, 2.75) is 237 Å². The summed E-state index contributed by atoms with van der Waals surface area (Å²) in [7, 11) is 0. The predicted molar refractivity (Wildman–Crippen MR) is 483 cm³/mol. The number of hydrogen-bond acceptors (Lipinski definition) is 16. The molecule has 6 aliphatic heterocycles. The molecule has 26 nitrogen and oxygen atoms in total. The summed E-state index contributed by atoms with van der Waals surface area (Å²) in [5.41, 5.74) is 11.6. The second-order valence-corrected chi connectivity index (χ2v) is 35.7. The Morgan fingerprint density at radius 2 is 0.709 bits per heavy atom. The summed E-state index contributed by atoms with van der Waals surface area (Å²) in [6.45, 7) is 9.25. The van der Waals surface area contributed by atoms with Gasteiger partial charge in [-0.2, -0.15) is 0 Å². The monoisotopic (exact) mass is 1780 g/mol. The van der Waals surface area contributed by atoms with Crippen LogP contribution in [0.1, 0.15) is 260 Å². The highest BCUT2D eigenvalue weighted by Gasteiger charge is 2.43. The zero-order valence-electron chi connectivity index (χ0n) is 74.0. The molecule has 0 spiro atoms. The van der Waals surface area contributed by atoms with Gasteiger partial charge in [-0.05, 0) is 184 Å². The molecular weight excluding hydrogens is 1660 g/mol. The molecule has 11 aliphatic rings. The van der Waals surface area contributed by atoms with Crippen LogP contribution in [-0.2, 0) is 104 Å². The van der Waals surface area contributed by atoms with E-state index in [-0.39, 0.29) is 121 Å². The van der Waals surface area contributed by atoms with Gasteiger partial charge in [0.15, 0.2) is 0 Å². The number of alkyl halides is 1. The minimum Gasteiger partial charge on any atom is -0.474 e. The lowest BCUT2D eigenvalue weighted by Gasteiger charge is -2.45. The Morgan fingerprint density at radius 3 is 1.06 bits per heavy atom. The number of ether oxygens (including phenoxy) is 2. The van der Waals surface area contributed by atoms with Crippen molar-refractivity contribution >= 4 is 99.5 Å². The number of piperazine rings is 1. The third-order valence-corrected chi connectivity index (χ3v) is 27.4. The van der Waals surface area contributed by atoms with E-state index in [1.165, 1.54) is 72.1 Å². The maximum atomic E-state index is 12.8. The Kier molecular flexibility index (Phi) is 38.5. The number of carbonyl (C=O) groups excluding carboxylic acids is 12. The maximum absolute atomic E-state index is 12.8. The molecule has 686 valence electrons. The zero-order valence-corrected chi connectivity index (χ0v) is 75.5. The third-order valence-electron chi connectivity index (χ3n) is 26.9. The molecule has 5 atom stereocenters. The second-order valence-electron chi connectivity index (χ2n) is 35.0. The first-order valence-electron chi connectivity index (χ1n) is 46.7. The number of esters is 2. The zero-order chi connectivity index (χ0) is 90.1. The molecule has 127 heavy (non-hydrogen) atoms. The summed E-state index contributed by atoms with van der Waals surface area (Å²) >= 11 is 9.55. The smallest absolute Gasteiger partial charge is 0.397 e. The van der Waals surface area contributed by atoms with Gasteiger partial charge in [-0.1, -0.05) is 218 Å². The molecule has 28 heteroatoms. The van der Waals surface area contributed by atoms with Crippen molar-refractivity contribution in [1.82, 2.24) is 51.1 Å². The van der Waals surface area contributed by atoms with E-state index in [9.17, 15) is 62.3 Å². The van der Waals surface area contributed by atoms with Gasteiger partial charge in [0.25, 0.3) is 0 Å². The molecule has 0 radical (unpaired) electrons. The van der Waals surface area contributed by atoms with Crippen molar-refractivity contribution in [3.05, 3.63) is 177 Å². The van der Waals surface area contributed by atoms with Crippen LogP contribution in [0.3, 0.4) is 0 Å². The number of carboxylic acid groups (broad SMARTS) is 1. The summed E-state index contributed by atoms with van der Waals surface area (Å²) in [4.78, 5) is 165. The molecule has 5 saturated carbocycles. The van der Waals surface area contributed by atoms with Crippen molar-refractivity contribution in [1.29, 1.82) is 0 Å². The normalized spacial score (nSPS) is 21.0. The first-order valence-corrected chi connectivity index (χ1v) is 47.6. The number of nitrogens with one attached hydrogen (secondary N) is 5. The fourth-order valence-electron chi connectivity index (χ4n) is 20.1. The number of halogens is 2. The number of benzene rings is 5. The molecule has 6 N–H and O–H groups in total.